The number of halogens is 1. The molecule has 2 aliphatic rings. The van der Waals surface area contributed by atoms with Gasteiger partial charge in [-0.15, -0.1) is 11.3 Å². The number of aryl methyl sites for hydroxylation is 1. The number of nitrogens with one attached hydrogen (secondary N) is 1. The van der Waals surface area contributed by atoms with E-state index in [1.807, 2.05) is 11.3 Å². The third kappa shape index (κ3) is 4.22. The van der Waals surface area contributed by atoms with E-state index in [0.717, 1.165) is 41.3 Å². The standard InChI is InChI=1S/C23H29BrN2OS/c1-15-10-12-26(13-11-15)22(17-6-5-7-18(24)14-17)21-19-8-3-4-9-20(19)28-23(21)25-16(2)27/h5-7,14-15,22H,3-4,8-13H2,1-2H3,(H,25,27). The van der Waals surface area contributed by atoms with Gasteiger partial charge in [0, 0.05) is 21.8 Å². The summed E-state index contributed by atoms with van der Waals surface area (Å²) < 4.78 is 1.12. The summed E-state index contributed by atoms with van der Waals surface area (Å²) in [7, 11) is 0. The summed E-state index contributed by atoms with van der Waals surface area (Å²) in [6.07, 6.45) is 7.27. The van der Waals surface area contributed by atoms with Crippen molar-refractivity contribution < 1.29 is 4.79 Å². The van der Waals surface area contributed by atoms with Gasteiger partial charge >= 0.3 is 0 Å². The van der Waals surface area contributed by atoms with Crippen LogP contribution < -0.4 is 5.32 Å². The van der Waals surface area contributed by atoms with E-state index in [4.69, 9.17) is 0 Å². The molecule has 3 nitrogen and oxygen atoms in total. The topological polar surface area (TPSA) is 32.3 Å². The zero-order valence-electron chi connectivity index (χ0n) is 16.8. The minimum atomic E-state index is 0.0279. The smallest absolute Gasteiger partial charge is 0.221 e. The number of carbonyl (C=O) groups is 1. The number of piperidine rings is 1. The van der Waals surface area contributed by atoms with Gasteiger partial charge in [-0.3, -0.25) is 9.69 Å². The van der Waals surface area contributed by atoms with Crippen molar-refractivity contribution >= 4 is 38.2 Å². The molecule has 2 aromatic rings. The van der Waals surface area contributed by atoms with Crippen molar-refractivity contribution in [1.29, 1.82) is 0 Å². The second-order valence-electron chi connectivity index (χ2n) is 8.31. The highest BCUT2D eigenvalue weighted by atomic mass is 79.9. The number of hydrogen-bond acceptors (Lipinski definition) is 3. The quantitative estimate of drug-likeness (QED) is 0.591. The second-order valence-corrected chi connectivity index (χ2v) is 10.3. The average Bonchev–Trinajstić information content (AvgIpc) is 3.01. The van der Waals surface area contributed by atoms with Crippen molar-refractivity contribution in [2.45, 2.75) is 58.4 Å². The highest BCUT2D eigenvalue weighted by molar-refractivity contribution is 9.10. The van der Waals surface area contributed by atoms with Gasteiger partial charge < -0.3 is 5.32 Å². The first-order valence-corrected chi connectivity index (χ1v) is 12.1. The van der Waals surface area contributed by atoms with E-state index in [1.54, 1.807) is 6.92 Å². The number of anilines is 1. The molecule has 150 valence electrons. The zero-order valence-corrected chi connectivity index (χ0v) is 19.2. The van der Waals surface area contributed by atoms with Gasteiger partial charge in [0.25, 0.3) is 0 Å². The number of fused-ring (bicyclic) bond motifs is 1. The fourth-order valence-electron chi connectivity index (χ4n) is 4.66. The molecule has 4 rings (SSSR count). The van der Waals surface area contributed by atoms with Crippen LogP contribution in [0.3, 0.4) is 0 Å². The van der Waals surface area contributed by atoms with Gasteiger partial charge in [0.15, 0.2) is 0 Å². The Morgan fingerprint density at radius 3 is 2.71 bits per heavy atom. The molecule has 1 amide bonds. The first kappa shape index (κ1) is 20.1. The summed E-state index contributed by atoms with van der Waals surface area (Å²) in [5.74, 6) is 0.825. The van der Waals surface area contributed by atoms with E-state index >= 15 is 0 Å². The lowest BCUT2D eigenvalue weighted by atomic mass is 9.87. The van der Waals surface area contributed by atoms with Gasteiger partial charge in [-0.25, -0.2) is 0 Å². The van der Waals surface area contributed by atoms with Gasteiger partial charge in [-0.2, -0.15) is 0 Å². The van der Waals surface area contributed by atoms with Crippen LogP contribution in [0.15, 0.2) is 28.7 Å². The molecular weight excluding hydrogens is 432 g/mol. The lowest BCUT2D eigenvalue weighted by Crippen LogP contribution is -2.37. The predicted molar refractivity (Wildman–Crippen MR) is 121 cm³/mol. The molecule has 0 saturated carbocycles. The van der Waals surface area contributed by atoms with E-state index in [2.05, 4.69) is 57.3 Å². The van der Waals surface area contributed by atoms with Crippen molar-refractivity contribution in [3.05, 3.63) is 50.3 Å². The molecule has 1 saturated heterocycles. The minimum absolute atomic E-state index is 0.0279. The number of likely N-dealkylation sites (tertiary alicyclic amines) is 1. The Hall–Kier alpha value is -1.17. The number of thiophene rings is 1. The van der Waals surface area contributed by atoms with Crippen LogP contribution in [-0.4, -0.2) is 23.9 Å². The molecule has 0 bridgehead atoms. The molecule has 0 spiro atoms. The lowest BCUT2D eigenvalue weighted by molar-refractivity contribution is -0.114. The van der Waals surface area contributed by atoms with E-state index in [0.29, 0.717) is 0 Å². The fraction of sp³-hybridized carbons (Fsp3) is 0.522. The maximum absolute atomic E-state index is 12.0. The Kier molecular flexibility index (Phi) is 6.24. The third-order valence-electron chi connectivity index (χ3n) is 6.12. The van der Waals surface area contributed by atoms with Gasteiger partial charge in [-0.1, -0.05) is 35.0 Å². The van der Waals surface area contributed by atoms with Crippen LogP contribution in [0.4, 0.5) is 5.00 Å². The Balaban J connectivity index is 1.84. The van der Waals surface area contributed by atoms with Crippen LogP contribution in [0.1, 0.15) is 67.1 Å². The molecule has 5 heteroatoms. The number of rotatable bonds is 4. The maximum Gasteiger partial charge on any atom is 0.221 e. The highest BCUT2D eigenvalue weighted by Crippen LogP contribution is 2.46. The normalized spacial score (nSPS) is 19.2. The van der Waals surface area contributed by atoms with Crippen LogP contribution in [-0.2, 0) is 17.6 Å². The van der Waals surface area contributed by atoms with Crippen molar-refractivity contribution in [1.82, 2.24) is 4.90 Å². The molecule has 2 heterocycles. The molecule has 1 aromatic carbocycles. The Labute approximate surface area is 180 Å². The SMILES string of the molecule is CC(=O)Nc1sc2c(c1C(c1cccc(Br)c1)N1CCC(C)CC1)CCCC2. The van der Waals surface area contributed by atoms with Crippen LogP contribution in [0.2, 0.25) is 0 Å². The number of carbonyl (C=O) groups excluding carboxylic acids is 1. The summed E-state index contributed by atoms with van der Waals surface area (Å²) in [6.45, 7) is 6.21. The monoisotopic (exact) mass is 460 g/mol. The summed E-state index contributed by atoms with van der Waals surface area (Å²) in [6, 6.07) is 8.95. The predicted octanol–water partition coefficient (Wildman–Crippen LogP) is 6.17. The molecule has 0 radical (unpaired) electrons. The third-order valence-corrected chi connectivity index (χ3v) is 7.84. The molecule has 1 unspecified atom stereocenters. The summed E-state index contributed by atoms with van der Waals surface area (Å²) in [4.78, 5) is 16.1. The van der Waals surface area contributed by atoms with E-state index in [9.17, 15) is 4.79 Å². The molecule has 1 fully saturated rings. The minimum Gasteiger partial charge on any atom is -0.318 e. The lowest BCUT2D eigenvalue weighted by Gasteiger charge is -2.38. The van der Waals surface area contributed by atoms with Gasteiger partial charge in [-0.05, 0) is 80.8 Å². The second kappa shape index (κ2) is 8.68. The van der Waals surface area contributed by atoms with Crippen molar-refractivity contribution in [2.24, 2.45) is 5.92 Å². The molecule has 1 aromatic heterocycles. The maximum atomic E-state index is 12.0. The summed E-state index contributed by atoms with van der Waals surface area (Å²) >= 11 is 5.49. The van der Waals surface area contributed by atoms with E-state index < -0.39 is 0 Å². The largest absolute Gasteiger partial charge is 0.318 e. The molecule has 1 N–H and O–H groups in total. The Morgan fingerprint density at radius 1 is 1.25 bits per heavy atom. The fourth-order valence-corrected chi connectivity index (χ4v) is 6.44. The number of hydrogen-bond donors (Lipinski definition) is 1. The van der Waals surface area contributed by atoms with Crippen LogP contribution in [0, 0.1) is 5.92 Å². The summed E-state index contributed by atoms with van der Waals surface area (Å²) in [5.41, 5.74) is 4.19. The van der Waals surface area contributed by atoms with E-state index in [1.165, 1.54) is 47.3 Å². The van der Waals surface area contributed by atoms with Crippen molar-refractivity contribution in [2.75, 3.05) is 18.4 Å². The van der Waals surface area contributed by atoms with Gasteiger partial charge in [0.05, 0.1) is 6.04 Å². The zero-order chi connectivity index (χ0) is 19.7. The van der Waals surface area contributed by atoms with Crippen LogP contribution in [0.5, 0.6) is 0 Å². The Bertz CT molecular complexity index is 854. The van der Waals surface area contributed by atoms with Crippen LogP contribution in [0.25, 0.3) is 0 Å². The van der Waals surface area contributed by atoms with Crippen LogP contribution >= 0.6 is 27.3 Å². The van der Waals surface area contributed by atoms with Gasteiger partial charge in [0.2, 0.25) is 5.91 Å². The summed E-state index contributed by atoms with van der Waals surface area (Å²) in [5, 5.41) is 4.26. The highest BCUT2D eigenvalue weighted by Gasteiger charge is 2.33. The molecule has 1 atom stereocenters. The number of nitrogens with zero attached hydrogens (tertiary/aromatic N) is 1. The molecule has 1 aliphatic heterocycles. The van der Waals surface area contributed by atoms with Crippen molar-refractivity contribution in [3.8, 4) is 0 Å². The van der Waals surface area contributed by atoms with Gasteiger partial charge in [0.1, 0.15) is 5.00 Å². The number of amides is 1. The molecular formula is C23H29BrN2OS. The number of benzene rings is 1. The molecule has 28 heavy (non-hydrogen) atoms. The Morgan fingerprint density at radius 2 is 2.00 bits per heavy atom. The average molecular weight is 461 g/mol. The first-order valence-electron chi connectivity index (χ1n) is 10.4. The van der Waals surface area contributed by atoms with Crippen molar-refractivity contribution in [3.63, 3.8) is 0 Å². The molecule has 1 aliphatic carbocycles. The first-order chi connectivity index (χ1) is 13.5. The van der Waals surface area contributed by atoms with E-state index in [-0.39, 0.29) is 11.9 Å².